The number of rotatable bonds is 4. The molecule has 0 spiro atoms. The Kier molecular flexibility index (Phi) is 2.80. The van der Waals surface area contributed by atoms with E-state index >= 15 is 0 Å². The smallest absolute Gasteiger partial charge is 0.263 e. The number of amides is 1. The zero-order valence-electron chi connectivity index (χ0n) is 12.2. The number of aryl methyl sites for hydroxylation is 1. The Balaban J connectivity index is 1.55. The second kappa shape index (κ2) is 4.47. The van der Waals surface area contributed by atoms with Crippen molar-refractivity contribution < 1.29 is 4.79 Å². The van der Waals surface area contributed by atoms with Gasteiger partial charge in [0, 0.05) is 16.6 Å². The molecular formula is C17H20N2OS. The van der Waals surface area contributed by atoms with Crippen LogP contribution < -0.4 is 11.1 Å². The molecule has 21 heavy (non-hydrogen) atoms. The molecule has 0 atom stereocenters. The Labute approximate surface area is 128 Å². The minimum Gasteiger partial charge on any atom is -0.397 e. The van der Waals surface area contributed by atoms with E-state index in [1.165, 1.54) is 42.6 Å². The molecule has 1 aromatic heterocycles. The summed E-state index contributed by atoms with van der Waals surface area (Å²) < 4.78 is 1.10. The molecule has 0 radical (unpaired) electrons. The third kappa shape index (κ3) is 2.22. The Bertz CT molecular complexity index is 726. The van der Waals surface area contributed by atoms with E-state index in [4.69, 9.17) is 5.73 Å². The second-order valence-electron chi connectivity index (χ2n) is 6.66. The second-order valence-corrected chi connectivity index (χ2v) is 7.72. The molecule has 2 aliphatic rings. The summed E-state index contributed by atoms with van der Waals surface area (Å²) in [7, 11) is 0. The standard InChI is InChI=1S/C17H20N2OS/c1-10-2-5-12-13(8-10)21-15(14(12)18)16(20)19-9-17(6-7-17)11-3-4-11/h2,5,8,11H,3-4,6-7,9,18H2,1H3,(H,19,20). The highest BCUT2D eigenvalue weighted by Gasteiger charge is 2.53. The number of anilines is 1. The molecule has 0 unspecified atom stereocenters. The van der Waals surface area contributed by atoms with Gasteiger partial charge in [0.05, 0.1) is 5.69 Å². The van der Waals surface area contributed by atoms with Gasteiger partial charge in [-0.1, -0.05) is 12.1 Å². The molecule has 2 aromatic rings. The fourth-order valence-electron chi connectivity index (χ4n) is 3.31. The van der Waals surface area contributed by atoms with E-state index < -0.39 is 0 Å². The lowest BCUT2D eigenvalue weighted by molar-refractivity contribution is 0.0947. The minimum absolute atomic E-state index is 0.00159. The SMILES string of the molecule is Cc1ccc2c(N)c(C(=O)NCC3(C4CC4)CC3)sc2c1. The van der Waals surface area contributed by atoms with Crippen molar-refractivity contribution in [3.63, 3.8) is 0 Å². The lowest BCUT2D eigenvalue weighted by Crippen LogP contribution is -2.31. The summed E-state index contributed by atoms with van der Waals surface area (Å²) in [6, 6.07) is 6.15. The summed E-state index contributed by atoms with van der Waals surface area (Å²) in [5.41, 5.74) is 8.42. The zero-order chi connectivity index (χ0) is 14.6. The number of hydrogen-bond acceptors (Lipinski definition) is 3. The average Bonchev–Trinajstić information content (AvgIpc) is 3.34. The van der Waals surface area contributed by atoms with Crippen molar-refractivity contribution in [2.75, 3.05) is 12.3 Å². The topological polar surface area (TPSA) is 55.1 Å². The van der Waals surface area contributed by atoms with Gasteiger partial charge in [-0.25, -0.2) is 0 Å². The molecule has 0 aliphatic heterocycles. The van der Waals surface area contributed by atoms with Crippen molar-refractivity contribution in [2.24, 2.45) is 11.3 Å². The van der Waals surface area contributed by atoms with E-state index in [2.05, 4.69) is 18.3 Å². The molecular weight excluding hydrogens is 280 g/mol. The molecule has 1 heterocycles. The highest BCUT2D eigenvalue weighted by molar-refractivity contribution is 7.21. The van der Waals surface area contributed by atoms with Crippen LogP contribution in [0.15, 0.2) is 18.2 Å². The first-order valence-corrected chi connectivity index (χ1v) is 8.47. The highest BCUT2D eigenvalue weighted by Crippen LogP contribution is 2.60. The number of benzene rings is 1. The van der Waals surface area contributed by atoms with Gasteiger partial charge in [0.1, 0.15) is 4.88 Å². The van der Waals surface area contributed by atoms with Crippen LogP contribution in [0.3, 0.4) is 0 Å². The van der Waals surface area contributed by atoms with Crippen molar-refractivity contribution in [3.8, 4) is 0 Å². The molecule has 1 amide bonds. The minimum atomic E-state index is -0.00159. The highest BCUT2D eigenvalue weighted by atomic mass is 32.1. The molecule has 2 fully saturated rings. The maximum Gasteiger partial charge on any atom is 0.263 e. The van der Waals surface area contributed by atoms with Gasteiger partial charge in [-0.2, -0.15) is 0 Å². The van der Waals surface area contributed by atoms with Crippen LogP contribution in [0.1, 0.15) is 40.9 Å². The first kappa shape index (κ1) is 13.1. The van der Waals surface area contributed by atoms with Crippen molar-refractivity contribution in [2.45, 2.75) is 32.6 Å². The zero-order valence-corrected chi connectivity index (χ0v) is 13.1. The van der Waals surface area contributed by atoms with Crippen LogP contribution in [0.2, 0.25) is 0 Å². The number of thiophene rings is 1. The summed E-state index contributed by atoms with van der Waals surface area (Å²) in [5.74, 6) is 0.860. The van der Waals surface area contributed by atoms with Crippen LogP contribution in [-0.2, 0) is 0 Å². The van der Waals surface area contributed by atoms with Gasteiger partial charge in [0.25, 0.3) is 5.91 Å². The Morgan fingerprint density at radius 1 is 1.43 bits per heavy atom. The molecule has 2 saturated carbocycles. The van der Waals surface area contributed by atoms with Gasteiger partial charge in [-0.05, 0) is 55.6 Å². The molecule has 0 saturated heterocycles. The van der Waals surface area contributed by atoms with Crippen molar-refractivity contribution in [3.05, 3.63) is 28.6 Å². The maximum absolute atomic E-state index is 12.5. The summed E-state index contributed by atoms with van der Waals surface area (Å²) in [6.45, 7) is 2.88. The number of fused-ring (bicyclic) bond motifs is 1. The van der Waals surface area contributed by atoms with Gasteiger partial charge >= 0.3 is 0 Å². The van der Waals surface area contributed by atoms with E-state index in [1.54, 1.807) is 0 Å². The van der Waals surface area contributed by atoms with Gasteiger partial charge in [0.15, 0.2) is 0 Å². The van der Waals surface area contributed by atoms with Crippen molar-refractivity contribution in [1.29, 1.82) is 0 Å². The van der Waals surface area contributed by atoms with Gasteiger partial charge < -0.3 is 11.1 Å². The first-order chi connectivity index (χ1) is 10.1. The van der Waals surface area contributed by atoms with E-state index in [-0.39, 0.29) is 5.91 Å². The summed E-state index contributed by atoms with van der Waals surface area (Å²) in [6.07, 6.45) is 5.25. The normalized spacial score (nSPS) is 19.7. The molecule has 0 bridgehead atoms. The Morgan fingerprint density at radius 2 is 2.19 bits per heavy atom. The molecule has 110 valence electrons. The largest absolute Gasteiger partial charge is 0.397 e. The molecule has 4 heteroatoms. The van der Waals surface area contributed by atoms with Crippen molar-refractivity contribution in [1.82, 2.24) is 5.32 Å². The molecule has 2 aliphatic carbocycles. The van der Waals surface area contributed by atoms with E-state index in [9.17, 15) is 4.79 Å². The van der Waals surface area contributed by atoms with Crippen LogP contribution in [0.4, 0.5) is 5.69 Å². The first-order valence-electron chi connectivity index (χ1n) is 7.66. The summed E-state index contributed by atoms with van der Waals surface area (Å²) in [4.78, 5) is 13.1. The number of nitrogen functional groups attached to an aromatic ring is 1. The monoisotopic (exact) mass is 300 g/mol. The fraction of sp³-hybridized carbons (Fsp3) is 0.471. The van der Waals surface area contributed by atoms with Crippen LogP contribution in [0.25, 0.3) is 10.1 Å². The lowest BCUT2D eigenvalue weighted by atomic mass is 10.0. The molecule has 3 nitrogen and oxygen atoms in total. The van der Waals surface area contributed by atoms with Crippen molar-refractivity contribution >= 4 is 33.0 Å². The van der Waals surface area contributed by atoms with Gasteiger partial charge in [-0.15, -0.1) is 11.3 Å². The van der Waals surface area contributed by atoms with E-state index in [1.807, 2.05) is 12.1 Å². The number of nitrogens with two attached hydrogens (primary N) is 1. The third-order valence-corrected chi connectivity index (χ3v) is 6.19. The molecule has 4 rings (SSSR count). The van der Waals surface area contributed by atoms with Gasteiger partial charge in [0.2, 0.25) is 0 Å². The number of nitrogens with one attached hydrogen (secondary N) is 1. The Hall–Kier alpha value is -1.55. The predicted molar refractivity (Wildman–Crippen MR) is 87.7 cm³/mol. The molecule has 1 aromatic carbocycles. The number of hydrogen-bond donors (Lipinski definition) is 2. The Morgan fingerprint density at radius 3 is 2.86 bits per heavy atom. The van der Waals surface area contributed by atoms with E-state index in [0.29, 0.717) is 16.0 Å². The third-order valence-electron chi connectivity index (χ3n) is 5.03. The predicted octanol–water partition coefficient (Wildman–Crippen LogP) is 3.71. The van der Waals surface area contributed by atoms with Crippen LogP contribution >= 0.6 is 11.3 Å². The van der Waals surface area contributed by atoms with Crippen LogP contribution in [0.5, 0.6) is 0 Å². The van der Waals surface area contributed by atoms with Crippen LogP contribution in [0, 0.1) is 18.3 Å². The molecule has 3 N–H and O–H groups in total. The van der Waals surface area contributed by atoms with Crippen LogP contribution in [-0.4, -0.2) is 12.5 Å². The van der Waals surface area contributed by atoms with E-state index in [0.717, 1.165) is 22.5 Å². The number of carbonyl (C=O) groups is 1. The summed E-state index contributed by atoms with van der Waals surface area (Å²) in [5, 5.41) is 4.13. The maximum atomic E-state index is 12.5. The van der Waals surface area contributed by atoms with Gasteiger partial charge in [-0.3, -0.25) is 4.79 Å². The summed E-state index contributed by atoms with van der Waals surface area (Å²) >= 11 is 1.50. The average molecular weight is 300 g/mol. The fourth-order valence-corrected chi connectivity index (χ4v) is 4.45. The quantitative estimate of drug-likeness (QED) is 0.904. The number of carbonyl (C=O) groups excluding carboxylic acids is 1. The lowest BCUT2D eigenvalue weighted by Gasteiger charge is -2.14.